The summed E-state index contributed by atoms with van der Waals surface area (Å²) in [6.07, 6.45) is 1.11. The molecule has 0 fully saturated rings. The molecule has 0 heterocycles. The van der Waals surface area contributed by atoms with E-state index in [1.165, 1.54) is 0 Å². The molecule has 1 aromatic carbocycles. The lowest BCUT2D eigenvalue weighted by Crippen LogP contribution is -2.24. The standard InChI is InChI=1S/C13H20ClN3/c1-9(2)6-7-17(3)12-5-4-10(14)8-11(12)13(15)16/h4-5,8-9H,6-7H2,1-3H3,(H3,15,16). The Morgan fingerprint density at radius 2 is 2.12 bits per heavy atom. The van der Waals surface area contributed by atoms with Crippen LogP contribution in [0, 0.1) is 11.3 Å². The molecule has 0 spiro atoms. The van der Waals surface area contributed by atoms with Crippen LogP contribution in [0.25, 0.3) is 0 Å². The first kappa shape index (κ1) is 13.8. The summed E-state index contributed by atoms with van der Waals surface area (Å²) in [5.41, 5.74) is 7.23. The van der Waals surface area contributed by atoms with Crippen molar-refractivity contribution < 1.29 is 0 Å². The highest BCUT2D eigenvalue weighted by Gasteiger charge is 2.10. The second-order valence-corrected chi connectivity index (χ2v) is 5.12. The van der Waals surface area contributed by atoms with E-state index in [4.69, 9.17) is 22.7 Å². The quantitative estimate of drug-likeness (QED) is 0.626. The van der Waals surface area contributed by atoms with Gasteiger partial charge in [-0.2, -0.15) is 0 Å². The van der Waals surface area contributed by atoms with Gasteiger partial charge in [0, 0.05) is 29.9 Å². The van der Waals surface area contributed by atoms with Crippen LogP contribution in [0.15, 0.2) is 18.2 Å². The molecule has 3 nitrogen and oxygen atoms in total. The first-order chi connectivity index (χ1) is 7.91. The summed E-state index contributed by atoms with van der Waals surface area (Å²) < 4.78 is 0. The number of anilines is 1. The number of rotatable bonds is 5. The lowest BCUT2D eigenvalue weighted by Gasteiger charge is -2.23. The topological polar surface area (TPSA) is 53.1 Å². The Labute approximate surface area is 108 Å². The SMILES string of the molecule is CC(C)CCN(C)c1ccc(Cl)cc1C(=N)N. The van der Waals surface area contributed by atoms with E-state index in [0.717, 1.165) is 18.7 Å². The van der Waals surface area contributed by atoms with Crippen LogP contribution in [0.2, 0.25) is 5.02 Å². The largest absolute Gasteiger partial charge is 0.384 e. The van der Waals surface area contributed by atoms with E-state index in [1.54, 1.807) is 6.07 Å². The highest BCUT2D eigenvalue weighted by atomic mass is 35.5. The van der Waals surface area contributed by atoms with Crippen molar-refractivity contribution in [1.82, 2.24) is 0 Å². The minimum atomic E-state index is 0.0545. The zero-order chi connectivity index (χ0) is 13.0. The van der Waals surface area contributed by atoms with Gasteiger partial charge in [-0.15, -0.1) is 0 Å². The minimum absolute atomic E-state index is 0.0545. The Hall–Kier alpha value is -1.22. The molecule has 17 heavy (non-hydrogen) atoms. The van der Waals surface area contributed by atoms with Crippen molar-refractivity contribution in [2.75, 3.05) is 18.5 Å². The zero-order valence-corrected chi connectivity index (χ0v) is 11.4. The van der Waals surface area contributed by atoms with Crippen LogP contribution in [-0.2, 0) is 0 Å². The molecule has 0 aliphatic rings. The zero-order valence-electron chi connectivity index (χ0n) is 10.6. The molecule has 0 unspecified atom stereocenters. The molecular formula is C13H20ClN3. The lowest BCUT2D eigenvalue weighted by atomic mass is 10.1. The van der Waals surface area contributed by atoms with Crippen molar-refractivity contribution in [3.8, 4) is 0 Å². The van der Waals surface area contributed by atoms with E-state index in [1.807, 2.05) is 19.2 Å². The number of benzene rings is 1. The molecule has 0 amide bonds. The Bertz CT molecular complexity index is 402. The fourth-order valence-corrected chi connectivity index (χ4v) is 1.80. The molecule has 0 bridgehead atoms. The van der Waals surface area contributed by atoms with Crippen molar-refractivity contribution in [2.45, 2.75) is 20.3 Å². The maximum atomic E-state index is 7.58. The van der Waals surface area contributed by atoms with Crippen molar-refractivity contribution >= 4 is 23.1 Å². The van der Waals surface area contributed by atoms with Crippen molar-refractivity contribution in [3.05, 3.63) is 28.8 Å². The normalized spacial score (nSPS) is 10.6. The van der Waals surface area contributed by atoms with Gasteiger partial charge < -0.3 is 10.6 Å². The number of nitrogens with two attached hydrogens (primary N) is 1. The summed E-state index contributed by atoms with van der Waals surface area (Å²) in [4.78, 5) is 2.12. The molecule has 4 heteroatoms. The second-order valence-electron chi connectivity index (χ2n) is 4.68. The summed E-state index contributed by atoms with van der Waals surface area (Å²) in [5.74, 6) is 0.712. The Morgan fingerprint density at radius 1 is 1.47 bits per heavy atom. The number of amidine groups is 1. The van der Waals surface area contributed by atoms with Crippen LogP contribution in [0.3, 0.4) is 0 Å². The molecule has 1 rings (SSSR count). The molecule has 0 aliphatic heterocycles. The highest BCUT2D eigenvalue weighted by molar-refractivity contribution is 6.31. The van der Waals surface area contributed by atoms with Gasteiger partial charge in [0.1, 0.15) is 5.84 Å². The number of halogens is 1. The number of nitrogen functional groups attached to an aromatic ring is 1. The van der Waals surface area contributed by atoms with E-state index in [-0.39, 0.29) is 5.84 Å². The fourth-order valence-electron chi connectivity index (χ4n) is 1.63. The van der Waals surface area contributed by atoms with Gasteiger partial charge in [0.05, 0.1) is 0 Å². The molecule has 94 valence electrons. The number of hydrogen-bond donors (Lipinski definition) is 2. The van der Waals surface area contributed by atoms with E-state index >= 15 is 0 Å². The molecule has 1 aromatic rings. The third kappa shape index (κ3) is 3.93. The Morgan fingerprint density at radius 3 is 2.65 bits per heavy atom. The third-order valence-corrected chi connectivity index (χ3v) is 2.94. The Kier molecular flexibility index (Phi) is 4.82. The first-order valence-corrected chi connectivity index (χ1v) is 6.14. The second kappa shape index (κ2) is 5.92. The predicted octanol–water partition coefficient (Wildman–Crippen LogP) is 3.11. The fraction of sp³-hybridized carbons (Fsp3) is 0.462. The summed E-state index contributed by atoms with van der Waals surface area (Å²) >= 11 is 5.92. The minimum Gasteiger partial charge on any atom is -0.384 e. The Balaban J connectivity index is 2.92. The highest BCUT2D eigenvalue weighted by Crippen LogP contribution is 2.23. The summed E-state index contributed by atoms with van der Waals surface area (Å²) in [7, 11) is 2.01. The lowest BCUT2D eigenvalue weighted by molar-refractivity contribution is 0.585. The van der Waals surface area contributed by atoms with Gasteiger partial charge >= 0.3 is 0 Å². The number of hydrogen-bond acceptors (Lipinski definition) is 2. The third-order valence-electron chi connectivity index (χ3n) is 2.70. The maximum Gasteiger partial charge on any atom is 0.124 e. The van der Waals surface area contributed by atoms with Gasteiger partial charge in [0.25, 0.3) is 0 Å². The van der Waals surface area contributed by atoms with E-state index in [0.29, 0.717) is 16.5 Å². The molecular weight excluding hydrogens is 234 g/mol. The monoisotopic (exact) mass is 253 g/mol. The van der Waals surface area contributed by atoms with Crippen LogP contribution in [0.5, 0.6) is 0 Å². The molecule has 0 saturated heterocycles. The molecule has 0 radical (unpaired) electrons. The number of nitrogens with zero attached hydrogens (tertiary/aromatic N) is 1. The van der Waals surface area contributed by atoms with Gasteiger partial charge in [0.2, 0.25) is 0 Å². The summed E-state index contributed by atoms with van der Waals surface area (Å²) in [6, 6.07) is 5.49. The molecule has 0 atom stereocenters. The smallest absolute Gasteiger partial charge is 0.124 e. The molecule has 0 aromatic heterocycles. The first-order valence-electron chi connectivity index (χ1n) is 5.77. The average Bonchev–Trinajstić information content (AvgIpc) is 2.25. The van der Waals surface area contributed by atoms with Gasteiger partial charge in [-0.05, 0) is 30.5 Å². The average molecular weight is 254 g/mol. The van der Waals surface area contributed by atoms with Crippen LogP contribution < -0.4 is 10.6 Å². The predicted molar refractivity (Wildman–Crippen MR) is 75.2 cm³/mol. The summed E-state index contributed by atoms with van der Waals surface area (Å²) in [6.45, 7) is 5.34. The van der Waals surface area contributed by atoms with Gasteiger partial charge in [-0.25, -0.2) is 0 Å². The van der Waals surface area contributed by atoms with E-state index in [2.05, 4.69) is 18.7 Å². The van der Waals surface area contributed by atoms with E-state index < -0.39 is 0 Å². The van der Waals surface area contributed by atoms with Crippen LogP contribution in [-0.4, -0.2) is 19.4 Å². The molecule has 3 N–H and O–H groups in total. The number of nitrogens with one attached hydrogen (secondary N) is 1. The van der Waals surface area contributed by atoms with Crippen LogP contribution in [0.4, 0.5) is 5.69 Å². The molecule has 0 saturated carbocycles. The van der Waals surface area contributed by atoms with E-state index in [9.17, 15) is 0 Å². The van der Waals surface area contributed by atoms with Crippen molar-refractivity contribution in [2.24, 2.45) is 11.7 Å². The summed E-state index contributed by atoms with van der Waals surface area (Å²) in [5, 5.41) is 8.18. The van der Waals surface area contributed by atoms with Gasteiger partial charge in [-0.3, -0.25) is 5.41 Å². The van der Waals surface area contributed by atoms with Gasteiger partial charge in [0.15, 0.2) is 0 Å². The van der Waals surface area contributed by atoms with Crippen LogP contribution >= 0.6 is 11.6 Å². The van der Waals surface area contributed by atoms with Crippen molar-refractivity contribution in [1.29, 1.82) is 5.41 Å². The molecule has 0 aliphatic carbocycles. The van der Waals surface area contributed by atoms with Crippen molar-refractivity contribution in [3.63, 3.8) is 0 Å². The van der Waals surface area contributed by atoms with Crippen LogP contribution in [0.1, 0.15) is 25.8 Å². The maximum absolute atomic E-state index is 7.58. The van der Waals surface area contributed by atoms with Gasteiger partial charge in [-0.1, -0.05) is 25.4 Å².